The second-order valence-corrected chi connectivity index (χ2v) is 5.84. The van der Waals surface area contributed by atoms with E-state index >= 15 is 0 Å². The Bertz CT molecular complexity index is 683. The van der Waals surface area contributed by atoms with Gasteiger partial charge in [-0.25, -0.2) is 4.79 Å². The molecule has 0 radical (unpaired) electrons. The molecule has 0 fully saturated rings. The predicted molar refractivity (Wildman–Crippen MR) is 81.6 cm³/mol. The van der Waals surface area contributed by atoms with Crippen molar-refractivity contribution in [1.29, 1.82) is 0 Å². The lowest BCUT2D eigenvalue weighted by Gasteiger charge is -2.08. The Labute approximate surface area is 130 Å². The van der Waals surface area contributed by atoms with Gasteiger partial charge < -0.3 is 15.2 Å². The molecule has 7 heteroatoms. The molecule has 2 N–H and O–H groups in total. The van der Waals surface area contributed by atoms with Crippen molar-refractivity contribution < 1.29 is 19.4 Å². The van der Waals surface area contributed by atoms with E-state index < -0.39 is 11.9 Å². The fraction of sp³-hybridized carbons (Fsp3) is 0.143. The summed E-state index contributed by atoms with van der Waals surface area (Å²) in [5.41, 5.74) is 0.479. The molecule has 21 heavy (non-hydrogen) atoms. The monoisotopic (exact) mass is 325 g/mol. The van der Waals surface area contributed by atoms with Gasteiger partial charge in [-0.3, -0.25) is 4.79 Å². The lowest BCUT2D eigenvalue weighted by Crippen LogP contribution is -2.20. The summed E-state index contributed by atoms with van der Waals surface area (Å²) in [6.45, 7) is 1.48. The second kappa shape index (κ2) is 6.60. The maximum Gasteiger partial charge on any atom is 0.349 e. The molecule has 2 aromatic rings. The molecule has 2 rings (SSSR count). The SMILES string of the molecule is Cc1cc(OCC(=O)Nc2ccccc2Cl)c(C(=O)O)s1. The number of carboxylic acids is 1. The highest BCUT2D eigenvalue weighted by Gasteiger charge is 2.16. The highest BCUT2D eigenvalue weighted by atomic mass is 35.5. The lowest BCUT2D eigenvalue weighted by atomic mass is 10.3. The highest BCUT2D eigenvalue weighted by Crippen LogP contribution is 2.29. The van der Waals surface area contributed by atoms with Gasteiger partial charge in [-0.2, -0.15) is 0 Å². The molecule has 1 heterocycles. The van der Waals surface area contributed by atoms with E-state index in [4.69, 9.17) is 21.4 Å². The van der Waals surface area contributed by atoms with Gasteiger partial charge >= 0.3 is 5.97 Å². The van der Waals surface area contributed by atoms with Crippen LogP contribution in [0.1, 0.15) is 14.5 Å². The number of nitrogens with one attached hydrogen (secondary N) is 1. The summed E-state index contributed by atoms with van der Waals surface area (Å²) in [5, 5.41) is 12.0. The van der Waals surface area contributed by atoms with E-state index in [-0.39, 0.29) is 17.2 Å². The first-order valence-corrected chi connectivity index (χ1v) is 7.17. The second-order valence-electron chi connectivity index (χ2n) is 4.17. The highest BCUT2D eigenvalue weighted by molar-refractivity contribution is 7.14. The molecule has 110 valence electrons. The van der Waals surface area contributed by atoms with Crippen molar-refractivity contribution in [2.45, 2.75) is 6.92 Å². The number of ether oxygens (including phenoxy) is 1. The molecule has 1 amide bonds. The van der Waals surface area contributed by atoms with E-state index in [0.717, 1.165) is 16.2 Å². The number of benzene rings is 1. The van der Waals surface area contributed by atoms with Crippen LogP contribution in [0.2, 0.25) is 5.02 Å². The molecule has 0 saturated carbocycles. The summed E-state index contributed by atoms with van der Waals surface area (Å²) >= 11 is 7.03. The molecule has 1 aromatic carbocycles. The number of carbonyl (C=O) groups excluding carboxylic acids is 1. The minimum atomic E-state index is -1.07. The molecule has 0 aliphatic rings. The van der Waals surface area contributed by atoms with Gasteiger partial charge in [-0.15, -0.1) is 11.3 Å². The summed E-state index contributed by atoms with van der Waals surface area (Å²) in [7, 11) is 0. The van der Waals surface area contributed by atoms with Crippen molar-refractivity contribution >= 4 is 40.5 Å². The molecule has 1 aromatic heterocycles. The molecule has 0 saturated heterocycles. The normalized spacial score (nSPS) is 10.2. The topological polar surface area (TPSA) is 75.6 Å². The number of amides is 1. The van der Waals surface area contributed by atoms with Crippen LogP contribution >= 0.6 is 22.9 Å². The Morgan fingerprint density at radius 2 is 2.10 bits per heavy atom. The van der Waals surface area contributed by atoms with Gasteiger partial charge in [-0.05, 0) is 25.1 Å². The van der Waals surface area contributed by atoms with Crippen molar-refractivity contribution in [3.8, 4) is 5.75 Å². The van der Waals surface area contributed by atoms with Crippen LogP contribution in [-0.2, 0) is 4.79 Å². The van der Waals surface area contributed by atoms with Crippen molar-refractivity contribution in [3.63, 3.8) is 0 Å². The van der Waals surface area contributed by atoms with Gasteiger partial charge in [0.25, 0.3) is 5.91 Å². The first-order chi connectivity index (χ1) is 9.97. The van der Waals surface area contributed by atoms with Gasteiger partial charge in [0.05, 0.1) is 10.7 Å². The fourth-order valence-electron chi connectivity index (χ4n) is 1.64. The number of para-hydroxylation sites is 1. The van der Waals surface area contributed by atoms with E-state index in [1.54, 1.807) is 37.3 Å². The molecule has 5 nitrogen and oxygen atoms in total. The van der Waals surface area contributed by atoms with E-state index in [9.17, 15) is 9.59 Å². The van der Waals surface area contributed by atoms with Crippen LogP contribution in [0, 0.1) is 6.92 Å². The van der Waals surface area contributed by atoms with Gasteiger partial charge in [0.2, 0.25) is 0 Å². The molecule has 0 aliphatic heterocycles. The number of anilines is 1. The number of aryl methyl sites for hydroxylation is 1. The third-order valence-electron chi connectivity index (χ3n) is 2.52. The van der Waals surface area contributed by atoms with Crippen LogP contribution in [-0.4, -0.2) is 23.6 Å². The standard InChI is InChI=1S/C14H12ClNO4S/c1-8-6-11(13(21-8)14(18)19)20-7-12(17)16-10-5-3-2-4-9(10)15/h2-6H,7H2,1H3,(H,16,17)(H,18,19). The molecule has 0 bridgehead atoms. The smallest absolute Gasteiger partial charge is 0.349 e. The van der Waals surface area contributed by atoms with Crippen molar-refractivity contribution in [2.75, 3.05) is 11.9 Å². The van der Waals surface area contributed by atoms with Crippen molar-refractivity contribution in [2.24, 2.45) is 0 Å². The molecule has 0 atom stereocenters. The number of halogens is 1. The molecule has 0 aliphatic carbocycles. The Balaban J connectivity index is 1.99. The maximum absolute atomic E-state index is 11.8. The zero-order chi connectivity index (χ0) is 15.4. The molecule has 0 spiro atoms. The maximum atomic E-state index is 11.8. The predicted octanol–water partition coefficient (Wildman–Crippen LogP) is 3.43. The van der Waals surface area contributed by atoms with Gasteiger partial charge in [0.1, 0.15) is 5.75 Å². The number of aromatic carboxylic acids is 1. The van der Waals surface area contributed by atoms with Gasteiger partial charge in [-0.1, -0.05) is 23.7 Å². The van der Waals surface area contributed by atoms with Crippen molar-refractivity contribution in [3.05, 3.63) is 45.1 Å². The first kappa shape index (κ1) is 15.3. The van der Waals surface area contributed by atoms with E-state index in [1.807, 2.05) is 0 Å². The van der Waals surface area contributed by atoms with Crippen LogP contribution in [0.5, 0.6) is 5.75 Å². The Hall–Kier alpha value is -2.05. The quantitative estimate of drug-likeness (QED) is 0.883. The van der Waals surface area contributed by atoms with Crippen LogP contribution in [0.15, 0.2) is 30.3 Å². The van der Waals surface area contributed by atoms with Crippen molar-refractivity contribution in [1.82, 2.24) is 0 Å². The van der Waals surface area contributed by atoms with Crippen LogP contribution in [0.4, 0.5) is 5.69 Å². The molecule has 0 unspecified atom stereocenters. The Morgan fingerprint density at radius 1 is 1.38 bits per heavy atom. The minimum Gasteiger partial charge on any atom is -0.482 e. The van der Waals surface area contributed by atoms with Crippen LogP contribution in [0.3, 0.4) is 0 Å². The van der Waals surface area contributed by atoms with E-state index in [1.165, 1.54) is 0 Å². The average molecular weight is 326 g/mol. The summed E-state index contributed by atoms with van der Waals surface area (Å²) in [6, 6.07) is 8.41. The number of hydrogen-bond acceptors (Lipinski definition) is 4. The zero-order valence-electron chi connectivity index (χ0n) is 11.1. The van der Waals surface area contributed by atoms with E-state index in [2.05, 4.69) is 5.32 Å². The average Bonchev–Trinajstić information content (AvgIpc) is 2.80. The number of thiophene rings is 1. The number of hydrogen-bond donors (Lipinski definition) is 2. The van der Waals surface area contributed by atoms with E-state index in [0.29, 0.717) is 10.7 Å². The third kappa shape index (κ3) is 3.96. The minimum absolute atomic E-state index is 0.0815. The largest absolute Gasteiger partial charge is 0.482 e. The zero-order valence-corrected chi connectivity index (χ0v) is 12.6. The summed E-state index contributed by atoms with van der Waals surface area (Å²) < 4.78 is 5.27. The third-order valence-corrected chi connectivity index (χ3v) is 3.87. The number of carbonyl (C=O) groups is 2. The molecular formula is C14H12ClNO4S. The fourth-order valence-corrected chi connectivity index (χ4v) is 2.62. The number of carboxylic acid groups (broad SMARTS) is 1. The van der Waals surface area contributed by atoms with Gasteiger partial charge in [0, 0.05) is 4.88 Å². The lowest BCUT2D eigenvalue weighted by molar-refractivity contribution is -0.118. The summed E-state index contributed by atoms with van der Waals surface area (Å²) in [6.07, 6.45) is 0. The van der Waals surface area contributed by atoms with Crippen LogP contribution < -0.4 is 10.1 Å². The summed E-state index contributed by atoms with van der Waals surface area (Å²) in [4.78, 5) is 23.7. The molecular weight excluding hydrogens is 314 g/mol. The van der Waals surface area contributed by atoms with Gasteiger partial charge in [0.15, 0.2) is 11.5 Å². The Morgan fingerprint density at radius 3 is 2.76 bits per heavy atom. The number of rotatable bonds is 5. The first-order valence-electron chi connectivity index (χ1n) is 5.98. The summed E-state index contributed by atoms with van der Waals surface area (Å²) in [5.74, 6) is -1.29. The Kier molecular flexibility index (Phi) is 4.82. The van der Waals surface area contributed by atoms with Crippen LogP contribution in [0.25, 0.3) is 0 Å².